The van der Waals surface area contributed by atoms with E-state index in [0.29, 0.717) is 38.9 Å². The lowest BCUT2D eigenvalue weighted by Crippen LogP contribution is -2.32. The third-order valence-corrected chi connectivity index (χ3v) is 5.34. The molecule has 0 radical (unpaired) electrons. The van der Waals surface area contributed by atoms with Gasteiger partial charge < -0.3 is 10.3 Å². The van der Waals surface area contributed by atoms with Crippen molar-refractivity contribution in [2.75, 3.05) is 6.54 Å². The summed E-state index contributed by atoms with van der Waals surface area (Å²) in [6.07, 6.45) is 0. The van der Waals surface area contributed by atoms with Gasteiger partial charge in [-0.15, -0.1) is 0 Å². The average Bonchev–Trinajstić information content (AvgIpc) is 2.64. The number of hydrogen-bond donors (Lipinski definition) is 2. The lowest BCUT2D eigenvalue weighted by Gasteiger charge is -2.18. The van der Waals surface area contributed by atoms with Gasteiger partial charge in [0.25, 0.3) is 11.5 Å². The van der Waals surface area contributed by atoms with Gasteiger partial charge >= 0.3 is 0 Å². The van der Waals surface area contributed by atoms with E-state index in [1.165, 1.54) is 11.8 Å². The van der Waals surface area contributed by atoms with Crippen molar-refractivity contribution in [2.24, 2.45) is 5.41 Å². The summed E-state index contributed by atoms with van der Waals surface area (Å²) < 4.78 is 0. The molecule has 3 rings (SSSR count). The molecule has 3 aromatic rings. The molecule has 0 aliphatic heterocycles. The second-order valence-electron chi connectivity index (χ2n) is 7.73. The third kappa shape index (κ3) is 5.14. The zero-order chi connectivity index (χ0) is 20.3. The van der Waals surface area contributed by atoms with Crippen molar-refractivity contribution in [2.45, 2.75) is 31.7 Å². The average molecular weight is 416 g/mol. The molecule has 0 fully saturated rings. The number of carbonyl (C=O) groups is 1. The molecular weight excluding hydrogens is 394 g/mol. The van der Waals surface area contributed by atoms with Crippen LogP contribution in [0.5, 0.6) is 0 Å². The van der Waals surface area contributed by atoms with Gasteiger partial charge in [0, 0.05) is 22.9 Å². The molecule has 0 unspecified atom stereocenters. The fraction of sp³-hybridized carbons (Fsp3) is 0.286. The molecule has 1 amide bonds. The van der Waals surface area contributed by atoms with E-state index in [0.717, 1.165) is 5.56 Å². The monoisotopic (exact) mass is 415 g/mol. The molecule has 0 saturated heterocycles. The van der Waals surface area contributed by atoms with E-state index in [2.05, 4.69) is 36.1 Å². The van der Waals surface area contributed by atoms with Crippen molar-refractivity contribution >= 4 is 40.2 Å². The van der Waals surface area contributed by atoms with Crippen LogP contribution in [0.2, 0.25) is 5.02 Å². The third-order valence-electron chi connectivity index (χ3n) is 4.05. The van der Waals surface area contributed by atoms with Crippen LogP contribution in [-0.4, -0.2) is 22.4 Å². The highest BCUT2D eigenvalue weighted by Gasteiger charge is 2.14. The zero-order valence-corrected chi connectivity index (χ0v) is 17.6. The van der Waals surface area contributed by atoms with Gasteiger partial charge in [-0.1, -0.05) is 62.3 Å². The molecule has 7 heteroatoms. The van der Waals surface area contributed by atoms with Crippen molar-refractivity contribution in [3.8, 4) is 0 Å². The second-order valence-corrected chi connectivity index (χ2v) is 9.10. The predicted molar refractivity (Wildman–Crippen MR) is 115 cm³/mol. The van der Waals surface area contributed by atoms with E-state index in [9.17, 15) is 9.59 Å². The van der Waals surface area contributed by atoms with Gasteiger partial charge in [-0.05, 0) is 35.2 Å². The minimum absolute atomic E-state index is 0.00950. The molecule has 146 valence electrons. The Labute approximate surface area is 172 Å². The Bertz CT molecular complexity index is 1070. The number of halogens is 1. The molecule has 2 aromatic carbocycles. The normalized spacial score (nSPS) is 11.6. The summed E-state index contributed by atoms with van der Waals surface area (Å²) in [6.45, 7) is 6.72. The van der Waals surface area contributed by atoms with Crippen LogP contribution >= 0.6 is 23.4 Å². The van der Waals surface area contributed by atoms with E-state index in [4.69, 9.17) is 11.6 Å². The predicted octanol–water partition coefficient (Wildman–Crippen LogP) is 4.64. The van der Waals surface area contributed by atoms with Crippen molar-refractivity contribution in [1.29, 1.82) is 0 Å². The highest BCUT2D eigenvalue weighted by molar-refractivity contribution is 7.98. The van der Waals surface area contributed by atoms with Crippen molar-refractivity contribution in [3.63, 3.8) is 0 Å². The zero-order valence-electron chi connectivity index (χ0n) is 16.0. The van der Waals surface area contributed by atoms with Crippen molar-refractivity contribution < 1.29 is 4.79 Å². The minimum Gasteiger partial charge on any atom is -0.352 e. The lowest BCUT2D eigenvalue weighted by molar-refractivity contribution is 0.0939. The summed E-state index contributed by atoms with van der Waals surface area (Å²) in [7, 11) is 0. The number of hydrogen-bond acceptors (Lipinski definition) is 4. The van der Waals surface area contributed by atoms with Gasteiger partial charge in [-0.3, -0.25) is 9.59 Å². The molecular formula is C21H22ClN3O2S. The Kier molecular flexibility index (Phi) is 6.10. The standard InChI is InChI=1S/C21H22ClN3O2S/c1-21(2,3)12-23-18(26)13-8-9-15-17(10-13)24-20(25-19(15)27)28-11-14-6-4-5-7-16(14)22/h4-10H,11-12H2,1-3H3,(H,23,26)(H,24,25,27). The molecule has 0 atom stereocenters. The molecule has 0 spiro atoms. The summed E-state index contributed by atoms with van der Waals surface area (Å²) in [5, 5.41) is 4.53. The molecule has 0 aliphatic rings. The van der Waals surface area contributed by atoms with E-state index in [1.54, 1.807) is 18.2 Å². The van der Waals surface area contributed by atoms with Crippen LogP contribution in [0.25, 0.3) is 10.9 Å². The Morgan fingerprint density at radius 3 is 2.68 bits per heavy atom. The van der Waals surface area contributed by atoms with Crippen molar-refractivity contribution in [3.05, 3.63) is 69.0 Å². The Hall–Kier alpha value is -2.31. The molecule has 0 aliphatic carbocycles. The van der Waals surface area contributed by atoms with Crippen LogP contribution < -0.4 is 10.9 Å². The van der Waals surface area contributed by atoms with Crippen LogP contribution in [0.4, 0.5) is 0 Å². The quantitative estimate of drug-likeness (QED) is 0.470. The molecule has 1 aromatic heterocycles. The number of carbonyl (C=O) groups excluding carboxylic acids is 1. The number of H-pyrrole nitrogens is 1. The first-order valence-corrected chi connectivity index (χ1v) is 10.3. The number of aromatic amines is 1. The number of nitrogens with one attached hydrogen (secondary N) is 2. The van der Waals surface area contributed by atoms with Gasteiger partial charge in [-0.2, -0.15) is 0 Å². The number of rotatable bonds is 5. The maximum atomic E-state index is 12.4. The first-order chi connectivity index (χ1) is 13.2. The highest BCUT2D eigenvalue weighted by Crippen LogP contribution is 2.25. The van der Waals surface area contributed by atoms with E-state index in [1.807, 2.05) is 24.3 Å². The van der Waals surface area contributed by atoms with Gasteiger partial charge in [0.1, 0.15) is 0 Å². The number of nitrogens with zero attached hydrogens (tertiary/aromatic N) is 1. The smallest absolute Gasteiger partial charge is 0.259 e. The topological polar surface area (TPSA) is 74.8 Å². The molecule has 0 bridgehead atoms. The van der Waals surface area contributed by atoms with Crippen LogP contribution in [0.15, 0.2) is 52.4 Å². The Balaban J connectivity index is 1.83. The Morgan fingerprint density at radius 2 is 1.96 bits per heavy atom. The maximum absolute atomic E-state index is 12.4. The summed E-state index contributed by atoms with van der Waals surface area (Å²) in [5.41, 5.74) is 1.70. The van der Waals surface area contributed by atoms with Crippen LogP contribution in [0, 0.1) is 5.41 Å². The van der Waals surface area contributed by atoms with Crippen LogP contribution in [0.1, 0.15) is 36.7 Å². The molecule has 0 saturated carbocycles. The summed E-state index contributed by atoms with van der Waals surface area (Å²) in [6, 6.07) is 12.5. The first-order valence-electron chi connectivity index (χ1n) is 8.91. The van der Waals surface area contributed by atoms with E-state index >= 15 is 0 Å². The fourth-order valence-corrected chi connectivity index (χ4v) is 3.69. The largest absolute Gasteiger partial charge is 0.352 e. The molecule has 2 N–H and O–H groups in total. The maximum Gasteiger partial charge on any atom is 0.259 e. The van der Waals surface area contributed by atoms with Crippen LogP contribution in [-0.2, 0) is 5.75 Å². The minimum atomic E-state index is -0.228. The molecule has 28 heavy (non-hydrogen) atoms. The van der Waals surface area contributed by atoms with Gasteiger partial charge in [-0.25, -0.2) is 4.98 Å². The summed E-state index contributed by atoms with van der Waals surface area (Å²) in [4.78, 5) is 32.1. The molecule has 5 nitrogen and oxygen atoms in total. The fourth-order valence-electron chi connectivity index (χ4n) is 2.54. The number of thioether (sulfide) groups is 1. The molecule has 1 heterocycles. The van der Waals surface area contributed by atoms with Gasteiger partial charge in [0.05, 0.1) is 10.9 Å². The lowest BCUT2D eigenvalue weighted by atomic mass is 9.97. The number of fused-ring (bicyclic) bond motifs is 1. The number of benzene rings is 2. The van der Waals surface area contributed by atoms with Crippen molar-refractivity contribution in [1.82, 2.24) is 15.3 Å². The summed E-state index contributed by atoms with van der Waals surface area (Å²) >= 11 is 7.58. The summed E-state index contributed by atoms with van der Waals surface area (Å²) in [5.74, 6) is 0.407. The second kappa shape index (κ2) is 8.37. The highest BCUT2D eigenvalue weighted by atomic mass is 35.5. The van der Waals surface area contributed by atoms with E-state index < -0.39 is 0 Å². The number of amides is 1. The van der Waals surface area contributed by atoms with E-state index in [-0.39, 0.29) is 16.9 Å². The first kappa shape index (κ1) is 20.4. The number of aromatic nitrogens is 2. The van der Waals surface area contributed by atoms with Gasteiger partial charge in [0.15, 0.2) is 5.16 Å². The Morgan fingerprint density at radius 1 is 1.21 bits per heavy atom. The van der Waals surface area contributed by atoms with Gasteiger partial charge in [0.2, 0.25) is 0 Å². The van der Waals surface area contributed by atoms with Crippen LogP contribution in [0.3, 0.4) is 0 Å². The SMILES string of the molecule is CC(C)(C)CNC(=O)c1ccc2c(=O)[nH]c(SCc3ccccc3Cl)nc2c1.